The molecule has 0 saturated heterocycles. The fourth-order valence-electron chi connectivity index (χ4n) is 5.13. The van der Waals surface area contributed by atoms with Crippen LogP contribution in [0.2, 0.25) is 0 Å². The molecule has 0 saturated carbocycles. The molecule has 2 heterocycles. The van der Waals surface area contributed by atoms with Crippen LogP contribution in [0.4, 0.5) is 18.9 Å². The maximum Gasteiger partial charge on any atom is 0.416 e. The van der Waals surface area contributed by atoms with Crippen LogP contribution in [-0.2, 0) is 15.8 Å². The Bertz CT molecular complexity index is 1340. The third kappa shape index (κ3) is 4.34. The molecule has 9 heteroatoms. The average molecular weight is 499 g/mol. The lowest BCUT2D eigenvalue weighted by atomic mass is 9.68. The molecule has 2 N–H and O–H groups in total. The van der Waals surface area contributed by atoms with E-state index in [0.717, 1.165) is 17.8 Å². The van der Waals surface area contributed by atoms with E-state index in [1.54, 1.807) is 25.1 Å². The molecule has 1 amide bonds. The third-order valence-corrected chi connectivity index (χ3v) is 6.66. The van der Waals surface area contributed by atoms with Gasteiger partial charge in [-0.3, -0.25) is 9.59 Å². The molecule has 3 aliphatic rings. The number of anilines is 1. The Hall–Kier alpha value is -3.75. The zero-order valence-electron chi connectivity index (χ0n) is 20.0. The molecule has 5 rings (SSSR count). The summed E-state index contributed by atoms with van der Waals surface area (Å²) < 4.78 is 50.6. The number of alkyl halides is 3. The van der Waals surface area contributed by atoms with Crippen LogP contribution >= 0.6 is 0 Å². The van der Waals surface area contributed by atoms with Crippen LogP contribution in [-0.4, -0.2) is 18.5 Å². The zero-order chi connectivity index (χ0) is 25.8. The van der Waals surface area contributed by atoms with Crippen molar-refractivity contribution in [1.29, 1.82) is 0 Å². The molecule has 0 fully saturated rings. The molecular weight excluding hydrogens is 473 g/mol. The summed E-state index contributed by atoms with van der Waals surface area (Å²) in [6.45, 7) is 5.84. The average Bonchev–Trinajstić information content (AvgIpc) is 3.24. The van der Waals surface area contributed by atoms with Crippen molar-refractivity contribution in [2.75, 3.05) is 12.1 Å². The highest BCUT2D eigenvalue weighted by Crippen LogP contribution is 2.48. The molecule has 0 aromatic heterocycles. The van der Waals surface area contributed by atoms with E-state index < -0.39 is 23.6 Å². The Morgan fingerprint density at radius 2 is 1.83 bits per heavy atom. The van der Waals surface area contributed by atoms with Gasteiger partial charge in [0, 0.05) is 40.6 Å². The number of carbonyl (C=O) groups is 2. The fraction of sp³-hybridized carbons (Fsp3) is 0.333. The number of benzene rings is 2. The van der Waals surface area contributed by atoms with Gasteiger partial charge in [-0.15, -0.1) is 0 Å². The Kier molecular flexibility index (Phi) is 5.61. The summed E-state index contributed by atoms with van der Waals surface area (Å²) in [6, 6.07) is 9.73. The minimum atomic E-state index is -4.54. The summed E-state index contributed by atoms with van der Waals surface area (Å²) in [6.07, 6.45) is -3.61. The quantitative estimate of drug-likeness (QED) is 0.570. The third-order valence-electron chi connectivity index (χ3n) is 6.66. The summed E-state index contributed by atoms with van der Waals surface area (Å²) in [7, 11) is 0. The van der Waals surface area contributed by atoms with Crippen molar-refractivity contribution in [2.45, 2.75) is 45.7 Å². The first-order valence-corrected chi connectivity index (χ1v) is 11.6. The zero-order valence-corrected chi connectivity index (χ0v) is 20.0. The second-order valence-electron chi connectivity index (χ2n) is 10.1. The van der Waals surface area contributed by atoms with Crippen molar-refractivity contribution in [3.63, 3.8) is 0 Å². The standard InChI is InChI=1S/C27H25F3N2O4/c1-14-22(25(34)32-17-6-4-5-16(10-17)27(28,29)30)23(15-7-8-20-21(9-15)36-13-35-20)24-18(31-14)11-26(2,3)12-19(24)33/h4-10,23,31H,11-13H2,1-3H3,(H,32,34)/t23-/m0/s1. The number of nitrogens with one attached hydrogen (secondary N) is 2. The SMILES string of the molecule is CC1=C(C(=O)Nc2cccc(C(F)(F)F)c2)[C@H](c2ccc3c(c2)OCO3)C2=C(CC(C)(C)CC2=O)N1. The number of fused-ring (bicyclic) bond motifs is 1. The van der Waals surface area contributed by atoms with Crippen molar-refractivity contribution in [2.24, 2.45) is 5.41 Å². The second-order valence-corrected chi connectivity index (χ2v) is 10.1. The normalized spacial score (nSPS) is 20.7. The van der Waals surface area contributed by atoms with Crippen LogP contribution in [0.3, 0.4) is 0 Å². The van der Waals surface area contributed by atoms with Crippen LogP contribution in [0.15, 0.2) is 65.0 Å². The van der Waals surface area contributed by atoms with Gasteiger partial charge in [0.25, 0.3) is 5.91 Å². The molecule has 0 spiro atoms. The number of ether oxygens (including phenoxy) is 2. The lowest BCUT2D eigenvalue weighted by Crippen LogP contribution is -2.39. The van der Waals surface area contributed by atoms with Gasteiger partial charge in [-0.25, -0.2) is 0 Å². The van der Waals surface area contributed by atoms with E-state index in [2.05, 4.69) is 10.6 Å². The number of carbonyl (C=O) groups excluding carboxylic acids is 2. The van der Waals surface area contributed by atoms with Gasteiger partial charge in [-0.2, -0.15) is 13.2 Å². The van der Waals surface area contributed by atoms with Crippen LogP contribution < -0.4 is 20.1 Å². The molecule has 188 valence electrons. The smallest absolute Gasteiger partial charge is 0.416 e. The van der Waals surface area contributed by atoms with E-state index in [-0.39, 0.29) is 29.3 Å². The first-order valence-electron chi connectivity index (χ1n) is 11.6. The first-order chi connectivity index (χ1) is 16.9. The van der Waals surface area contributed by atoms with E-state index in [0.29, 0.717) is 41.2 Å². The predicted octanol–water partition coefficient (Wildman–Crippen LogP) is 5.68. The topological polar surface area (TPSA) is 76.7 Å². The van der Waals surface area contributed by atoms with E-state index in [1.807, 2.05) is 13.8 Å². The van der Waals surface area contributed by atoms with E-state index in [4.69, 9.17) is 9.47 Å². The Balaban J connectivity index is 1.58. The summed E-state index contributed by atoms with van der Waals surface area (Å²) in [5.74, 6) is -0.315. The fourth-order valence-corrected chi connectivity index (χ4v) is 5.13. The van der Waals surface area contributed by atoms with Crippen LogP contribution in [0.1, 0.15) is 50.7 Å². The van der Waals surface area contributed by atoms with Crippen molar-refractivity contribution < 1.29 is 32.2 Å². The van der Waals surface area contributed by atoms with E-state index in [1.165, 1.54) is 12.1 Å². The minimum Gasteiger partial charge on any atom is -0.454 e. The number of allylic oxidation sites excluding steroid dienone is 3. The number of amides is 1. The van der Waals surface area contributed by atoms with Crippen LogP contribution in [0.25, 0.3) is 0 Å². The molecule has 2 aromatic rings. The predicted molar refractivity (Wildman–Crippen MR) is 126 cm³/mol. The summed E-state index contributed by atoms with van der Waals surface area (Å²) >= 11 is 0. The van der Waals surface area contributed by atoms with Crippen LogP contribution in [0, 0.1) is 5.41 Å². The number of Topliss-reactive ketones (excluding diaryl/α,β-unsaturated/α-hetero) is 1. The highest BCUT2D eigenvalue weighted by molar-refractivity contribution is 6.10. The molecule has 2 aliphatic heterocycles. The van der Waals surface area contributed by atoms with Gasteiger partial charge in [0.15, 0.2) is 17.3 Å². The number of halogens is 3. The Morgan fingerprint density at radius 1 is 1.08 bits per heavy atom. The monoisotopic (exact) mass is 498 g/mol. The van der Waals surface area contributed by atoms with Gasteiger partial charge in [-0.05, 0) is 54.7 Å². The Morgan fingerprint density at radius 3 is 2.58 bits per heavy atom. The lowest BCUT2D eigenvalue weighted by molar-refractivity contribution is -0.137. The number of hydrogen-bond acceptors (Lipinski definition) is 5. The number of hydrogen-bond donors (Lipinski definition) is 2. The van der Waals surface area contributed by atoms with Gasteiger partial charge in [0.2, 0.25) is 6.79 Å². The van der Waals surface area contributed by atoms with E-state index in [9.17, 15) is 22.8 Å². The van der Waals surface area contributed by atoms with Crippen LogP contribution in [0.5, 0.6) is 11.5 Å². The molecular formula is C27H25F3N2O4. The summed E-state index contributed by atoms with van der Waals surface area (Å²) in [5.41, 5.74) is 1.60. The molecule has 0 radical (unpaired) electrons. The van der Waals surface area contributed by atoms with E-state index >= 15 is 0 Å². The highest BCUT2D eigenvalue weighted by atomic mass is 19.4. The van der Waals surface area contributed by atoms with Crippen molar-refractivity contribution >= 4 is 17.4 Å². The lowest BCUT2D eigenvalue weighted by Gasteiger charge is -2.39. The maximum absolute atomic E-state index is 13.6. The van der Waals surface area contributed by atoms with Crippen molar-refractivity contribution in [3.05, 3.63) is 76.1 Å². The largest absolute Gasteiger partial charge is 0.454 e. The van der Waals surface area contributed by atoms with Gasteiger partial charge in [0.05, 0.1) is 5.56 Å². The molecule has 0 bridgehead atoms. The molecule has 1 atom stereocenters. The van der Waals surface area contributed by atoms with Gasteiger partial charge in [0.1, 0.15) is 0 Å². The number of rotatable bonds is 3. The highest BCUT2D eigenvalue weighted by Gasteiger charge is 2.43. The number of dihydropyridines is 1. The number of ketones is 1. The molecule has 2 aromatic carbocycles. The van der Waals surface area contributed by atoms with Crippen molar-refractivity contribution in [3.8, 4) is 11.5 Å². The Labute approximate surface area is 206 Å². The molecule has 36 heavy (non-hydrogen) atoms. The van der Waals surface area contributed by atoms with Gasteiger partial charge < -0.3 is 20.1 Å². The molecule has 0 unspecified atom stereocenters. The maximum atomic E-state index is 13.6. The molecule has 1 aliphatic carbocycles. The van der Waals surface area contributed by atoms with Crippen molar-refractivity contribution in [1.82, 2.24) is 5.32 Å². The minimum absolute atomic E-state index is 0.00967. The second kappa shape index (κ2) is 8.43. The molecule has 6 nitrogen and oxygen atoms in total. The van der Waals surface area contributed by atoms with Gasteiger partial charge >= 0.3 is 6.18 Å². The summed E-state index contributed by atoms with van der Waals surface area (Å²) in [5, 5.41) is 5.86. The van der Waals surface area contributed by atoms with Gasteiger partial charge in [-0.1, -0.05) is 26.0 Å². The first kappa shape index (κ1) is 24.0. The summed E-state index contributed by atoms with van der Waals surface area (Å²) in [4.78, 5) is 27.0.